The Bertz CT molecular complexity index is 731. The minimum atomic E-state index is -0.0746. The third-order valence-electron chi connectivity index (χ3n) is 4.02. The third kappa shape index (κ3) is 3.86. The van der Waals surface area contributed by atoms with E-state index in [1.807, 2.05) is 24.0 Å². The van der Waals surface area contributed by atoms with Crippen LogP contribution in [0.3, 0.4) is 0 Å². The fourth-order valence-electron chi connectivity index (χ4n) is 2.67. The van der Waals surface area contributed by atoms with Crippen LogP contribution in [0.4, 0.5) is 0 Å². The van der Waals surface area contributed by atoms with Crippen LogP contribution in [0, 0.1) is 6.92 Å². The molecule has 1 amide bonds. The minimum Gasteiger partial charge on any atom is -0.335 e. The summed E-state index contributed by atoms with van der Waals surface area (Å²) in [4.78, 5) is 30.2. The summed E-state index contributed by atoms with van der Waals surface area (Å²) in [6.45, 7) is 6.49. The highest BCUT2D eigenvalue weighted by Crippen LogP contribution is 2.18. The van der Waals surface area contributed by atoms with Gasteiger partial charge in [0.2, 0.25) is 0 Å². The van der Waals surface area contributed by atoms with Crippen molar-refractivity contribution in [2.45, 2.75) is 13.5 Å². The lowest BCUT2D eigenvalue weighted by Gasteiger charge is -2.34. The Morgan fingerprint density at radius 1 is 1.17 bits per heavy atom. The molecule has 0 saturated carbocycles. The van der Waals surface area contributed by atoms with Crippen LogP contribution in [0.15, 0.2) is 35.3 Å². The summed E-state index contributed by atoms with van der Waals surface area (Å²) in [5.41, 5.74) is -0.0746. The van der Waals surface area contributed by atoms with Crippen molar-refractivity contribution in [1.82, 2.24) is 19.6 Å². The van der Waals surface area contributed by atoms with Gasteiger partial charge in [0.1, 0.15) is 0 Å². The van der Waals surface area contributed by atoms with Gasteiger partial charge in [-0.1, -0.05) is 0 Å². The molecule has 0 atom stereocenters. The molecule has 0 unspecified atom stereocenters. The SMILES string of the molecule is Cc1ccc(C(=O)N2CCN(CCn3ncccc3=O)CC2)s1. The smallest absolute Gasteiger partial charge is 0.266 e. The van der Waals surface area contributed by atoms with Crippen molar-refractivity contribution in [3.8, 4) is 0 Å². The number of nitrogens with zero attached hydrogens (tertiary/aromatic N) is 4. The summed E-state index contributed by atoms with van der Waals surface area (Å²) in [6, 6.07) is 7.06. The summed E-state index contributed by atoms with van der Waals surface area (Å²) >= 11 is 1.55. The Morgan fingerprint density at radius 3 is 2.61 bits per heavy atom. The predicted octanol–water partition coefficient (Wildman–Crippen LogP) is 1.07. The Kier molecular flexibility index (Phi) is 4.88. The lowest BCUT2D eigenvalue weighted by atomic mass is 10.3. The van der Waals surface area contributed by atoms with Crippen LogP contribution in [-0.4, -0.2) is 58.2 Å². The summed E-state index contributed by atoms with van der Waals surface area (Å²) in [7, 11) is 0. The first-order valence-corrected chi connectivity index (χ1v) is 8.55. The number of rotatable bonds is 4. The van der Waals surface area contributed by atoms with E-state index in [1.165, 1.54) is 10.7 Å². The van der Waals surface area contributed by atoms with Gasteiger partial charge >= 0.3 is 0 Å². The van der Waals surface area contributed by atoms with Crippen LogP contribution in [0.2, 0.25) is 0 Å². The molecule has 1 aliphatic rings. The van der Waals surface area contributed by atoms with Crippen LogP contribution in [0.25, 0.3) is 0 Å². The molecule has 0 spiro atoms. The molecule has 0 N–H and O–H groups in total. The maximum Gasteiger partial charge on any atom is 0.266 e. The van der Waals surface area contributed by atoms with Gasteiger partial charge < -0.3 is 4.90 Å². The van der Waals surface area contributed by atoms with Gasteiger partial charge in [0.15, 0.2) is 0 Å². The molecule has 7 heteroatoms. The van der Waals surface area contributed by atoms with E-state index in [0.29, 0.717) is 6.54 Å². The molecule has 0 radical (unpaired) electrons. The van der Waals surface area contributed by atoms with Crippen LogP contribution >= 0.6 is 11.3 Å². The molecule has 23 heavy (non-hydrogen) atoms. The van der Waals surface area contributed by atoms with Crippen LogP contribution < -0.4 is 5.56 Å². The maximum absolute atomic E-state index is 12.4. The van der Waals surface area contributed by atoms with Gasteiger partial charge in [0.05, 0.1) is 11.4 Å². The molecule has 122 valence electrons. The molecule has 0 aromatic carbocycles. The third-order valence-corrected chi connectivity index (χ3v) is 5.01. The fraction of sp³-hybridized carbons (Fsp3) is 0.438. The van der Waals surface area contributed by atoms with Crippen molar-refractivity contribution in [3.05, 3.63) is 50.6 Å². The number of piperazine rings is 1. The number of aryl methyl sites for hydroxylation is 1. The van der Waals surface area contributed by atoms with Gasteiger partial charge in [-0.05, 0) is 25.1 Å². The van der Waals surface area contributed by atoms with E-state index in [4.69, 9.17) is 0 Å². The van der Waals surface area contributed by atoms with Crippen molar-refractivity contribution in [3.63, 3.8) is 0 Å². The van der Waals surface area contributed by atoms with E-state index in [2.05, 4.69) is 10.00 Å². The van der Waals surface area contributed by atoms with Gasteiger partial charge in [-0.15, -0.1) is 11.3 Å². The molecule has 0 bridgehead atoms. The van der Waals surface area contributed by atoms with E-state index in [0.717, 1.165) is 42.5 Å². The van der Waals surface area contributed by atoms with E-state index in [1.54, 1.807) is 23.6 Å². The second kappa shape index (κ2) is 7.06. The minimum absolute atomic E-state index is 0.0746. The number of aromatic nitrogens is 2. The van der Waals surface area contributed by atoms with Crippen molar-refractivity contribution in [2.75, 3.05) is 32.7 Å². The largest absolute Gasteiger partial charge is 0.335 e. The van der Waals surface area contributed by atoms with E-state index in [9.17, 15) is 9.59 Å². The van der Waals surface area contributed by atoms with Gasteiger partial charge in [-0.3, -0.25) is 14.5 Å². The van der Waals surface area contributed by atoms with E-state index in [-0.39, 0.29) is 11.5 Å². The first-order valence-electron chi connectivity index (χ1n) is 7.74. The van der Waals surface area contributed by atoms with Crippen LogP contribution in [-0.2, 0) is 6.54 Å². The second-order valence-electron chi connectivity index (χ2n) is 5.63. The average Bonchev–Trinajstić information content (AvgIpc) is 3.00. The second-order valence-corrected chi connectivity index (χ2v) is 6.92. The predicted molar refractivity (Wildman–Crippen MR) is 89.9 cm³/mol. The summed E-state index contributed by atoms with van der Waals surface area (Å²) < 4.78 is 1.48. The molecule has 0 aliphatic carbocycles. The number of hydrogen-bond donors (Lipinski definition) is 0. The molecular formula is C16H20N4O2S. The highest BCUT2D eigenvalue weighted by Gasteiger charge is 2.22. The number of amides is 1. The first kappa shape index (κ1) is 15.9. The Hall–Kier alpha value is -1.99. The highest BCUT2D eigenvalue weighted by molar-refractivity contribution is 7.13. The van der Waals surface area contributed by atoms with Crippen LogP contribution in [0.5, 0.6) is 0 Å². The first-order chi connectivity index (χ1) is 11.1. The zero-order chi connectivity index (χ0) is 16.2. The quantitative estimate of drug-likeness (QED) is 0.840. The summed E-state index contributed by atoms with van der Waals surface area (Å²) in [6.07, 6.45) is 1.63. The fourth-order valence-corrected chi connectivity index (χ4v) is 3.51. The average molecular weight is 332 g/mol. The standard InChI is InChI=1S/C16H20N4O2S/c1-13-4-5-14(23-13)16(22)19-10-7-18(8-11-19)9-12-20-15(21)3-2-6-17-20/h2-6H,7-12H2,1H3. The van der Waals surface area contributed by atoms with Gasteiger partial charge in [-0.2, -0.15) is 5.10 Å². The van der Waals surface area contributed by atoms with Crippen molar-refractivity contribution >= 4 is 17.2 Å². The molecular weight excluding hydrogens is 312 g/mol. The number of carbonyl (C=O) groups is 1. The number of carbonyl (C=O) groups excluding carboxylic acids is 1. The molecule has 6 nitrogen and oxygen atoms in total. The molecule has 3 rings (SSSR count). The van der Waals surface area contributed by atoms with Crippen molar-refractivity contribution in [1.29, 1.82) is 0 Å². The Labute approximate surface area is 139 Å². The van der Waals surface area contributed by atoms with Crippen molar-refractivity contribution < 1.29 is 4.79 Å². The molecule has 2 aromatic rings. The summed E-state index contributed by atoms with van der Waals surface area (Å²) in [5, 5.41) is 4.06. The van der Waals surface area contributed by atoms with Crippen molar-refractivity contribution in [2.24, 2.45) is 0 Å². The van der Waals surface area contributed by atoms with Gasteiger partial charge in [0.25, 0.3) is 11.5 Å². The topological polar surface area (TPSA) is 58.4 Å². The molecule has 1 aliphatic heterocycles. The Morgan fingerprint density at radius 2 is 1.96 bits per heavy atom. The molecule has 3 heterocycles. The number of hydrogen-bond acceptors (Lipinski definition) is 5. The zero-order valence-electron chi connectivity index (χ0n) is 13.1. The lowest BCUT2D eigenvalue weighted by Crippen LogP contribution is -2.49. The highest BCUT2D eigenvalue weighted by atomic mass is 32.1. The van der Waals surface area contributed by atoms with E-state index >= 15 is 0 Å². The normalized spacial score (nSPS) is 15.8. The summed E-state index contributed by atoms with van der Waals surface area (Å²) in [5.74, 6) is 0.128. The van der Waals surface area contributed by atoms with E-state index < -0.39 is 0 Å². The zero-order valence-corrected chi connectivity index (χ0v) is 14.0. The Balaban J connectivity index is 1.50. The molecule has 1 fully saturated rings. The van der Waals surface area contributed by atoms with Crippen LogP contribution in [0.1, 0.15) is 14.5 Å². The monoisotopic (exact) mass is 332 g/mol. The van der Waals surface area contributed by atoms with Gasteiger partial charge in [-0.25, -0.2) is 4.68 Å². The number of thiophene rings is 1. The lowest BCUT2D eigenvalue weighted by molar-refractivity contribution is 0.0636. The molecule has 2 aromatic heterocycles. The maximum atomic E-state index is 12.4. The van der Waals surface area contributed by atoms with Gasteiger partial charge in [0, 0.05) is 49.9 Å². The molecule has 1 saturated heterocycles.